The van der Waals surface area contributed by atoms with Crippen LogP contribution in [0.25, 0.3) is 0 Å². The van der Waals surface area contributed by atoms with Crippen LogP contribution < -0.4 is 15.4 Å². The van der Waals surface area contributed by atoms with Gasteiger partial charge in [-0.3, -0.25) is 4.84 Å². The number of rotatable bonds is 5. The average Bonchev–Trinajstić information content (AvgIpc) is 2.84. The third-order valence-electron chi connectivity index (χ3n) is 2.66. The van der Waals surface area contributed by atoms with E-state index in [2.05, 4.69) is 4.84 Å². The lowest BCUT2D eigenvalue weighted by molar-refractivity contribution is 0.123. The van der Waals surface area contributed by atoms with E-state index in [4.69, 9.17) is 15.4 Å². The zero-order valence-corrected chi connectivity index (χ0v) is 10.7. The molecule has 1 atom stereocenters. The van der Waals surface area contributed by atoms with Gasteiger partial charge in [0.05, 0.1) is 13.7 Å². The Balaban J connectivity index is 2.09. The second-order valence-electron chi connectivity index (χ2n) is 3.90. The minimum Gasteiger partial charge on any atom is -0.493 e. The Morgan fingerprint density at radius 2 is 2.29 bits per heavy atom. The van der Waals surface area contributed by atoms with E-state index in [1.807, 2.05) is 30.0 Å². The van der Waals surface area contributed by atoms with Crippen LogP contribution in [0.5, 0.6) is 11.5 Å². The zero-order chi connectivity index (χ0) is 12.1. The van der Waals surface area contributed by atoms with E-state index in [0.29, 0.717) is 12.7 Å². The molecule has 2 rings (SSSR count). The maximum absolute atomic E-state index is 5.91. The lowest BCUT2D eigenvalue weighted by Crippen LogP contribution is -2.15. The smallest absolute Gasteiger partial charge is 0.161 e. The molecule has 1 unspecified atom stereocenters. The standard InChI is InChI=1S/C12H17NO3S/c1-14-12-6-9(7-15-13)2-3-11(12)16-10-4-5-17-8-10/h2-3,6,10H,4-5,7-8,13H2,1H3. The first-order valence-electron chi connectivity index (χ1n) is 5.56. The molecule has 1 aromatic carbocycles. The maximum atomic E-state index is 5.91. The molecule has 1 aliphatic rings. The highest BCUT2D eigenvalue weighted by Crippen LogP contribution is 2.31. The van der Waals surface area contributed by atoms with E-state index in [1.165, 1.54) is 5.75 Å². The van der Waals surface area contributed by atoms with Gasteiger partial charge in [-0.15, -0.1) is 0 Å². The predicted octanol–water partition coefficient (Wildman–Crippen LogP) is 1.97. The minimum absolute atomic E-state index is 0.297. The minimum atomic E-state index is 0.297. The fourth-order valence-electron chi connectivity index (χ4n) is 1.78. The quantitative estimate of drug-likeness (QED) is 0.815. The van der Waals surface area contributed by atoms with Crippen LogP contribution in [0.2, 0.25) is 0 Å². The van der Waals surface area contributed by atoms with Crippen molar-refractivity contribution in [1.82, 2.24) is 0 Å². The van der Waals surface area contributed by atoms with Crippen LogP contribution >= 0.6 is 11.8 Å². The van der Waals surface area contributed by atoms with E-state index in [-0.39, 0.29) is 0 Å². The van der Waals surface area contributed by atoms with Crippen molar-refractivity contribution in [1.29, 1.82) is 0 Å². The van der Waals surface area contributed by atoms with Gasteiger partial charge in [-0.1, -0.05) is 6.07 Å². The molecule has 2 N–H and O–H groups in total. The van der Waals surface area contributed by atoms with Crippen molar-refractivity contribution < 1.29 is 14.3 Å². The van der Waals surface area contributed by atoms with Gasteiger partial charge in [0.15, 0.2) is 11.5 Å². The normalized spacial score (nSPS) is 19.3. The zero-order valence-electron chi connectivity index (χ0n) is 9.85. The van der Waals surface area contributed by atoms with Gasteiger partial charge < -0.3 is 9.47 Å². The Bertz CT molecular complexity index is 367. The molecule has 0 spiro atoms. The van der Waals surface area contributed by atoms with E-state index in [0.717, 1.165) is 29.2 Å². The molecule has 1 aromatic rings. The Hall–Kier alpha value is -0.910. The van der Waals surface area contributed by atoms with Crippen molar-refractivity contribution in [2.45, 2.75) is 19.1 Å². The molecule has 1 fully saturated rings. The lowest BCUT2D eigenvalue weighted by Gasteiger charge is -2.16. The second kappa shape index (κ2) is 6.14. The van der Waals surface area contributed by atoms with Crippen LogP contribution in [0.15, 0.2) is 18.2 Å². The fraction of sp³-hybridized carbons (Fsp3) is 0.500. The summed E-state index contributed by atoms with van der Waals surface area (Å²) in [5, 5.41) is 0. The Kier molecular flexibility index (Phi) is 4.53. The number of hydrogen-bond acceptors (Lipinski definition) is 5. The largest absolute Gasteiger partial charge is 0.493 e. The summed E-state index contributed by atoms with van der Waals surface area (Å²) in [7, 11) is 1.64. The van der Waals surface area contributed by atoms with Crippen molar-refractivity contribution in [3.63, 3.8) is 0 Å². The number of hydrogen-bond donors (Lipinski definition) is 1. The molecule has 0 aromatic heterocycles. The maximum Gasteiger partial charge on any atom is 0.161 e. The Morgan fingerprint density at radius 1 is 1.41 bits per heavy atom. The van der Waals surface area contributed by atoms with Crippen molar-refractivity contribution in [2.24, 2.45) is 5.90 Å². The second-order valence-corrected chi connectivity index (χ2v) is 5.05. The summed E-state index contributed by atoms with van der Waals surface area (Å²) >= 11 is 1.92. The van der Waals surface area contributed by atoms with Crippen LogP contribution in [0.3, 0.4) is 0 Å². The highest BCUT2D eigenvalue weighted by Gasteiger charge is 2.18. The summed E-state index contributed by atoms with van der Waals surface area (Å²) in [6.07, 6.45) is 1.40. The molecular weight excluding hydrogens is 238 g/mol. The lowest BCUT2D eigenvalue weighted by atomic mass is 10.2. The summed E-state index contributed by atoms with van der Waals surface area (Å²) in [6, 6.07) is 5.74. The first-order valence-corrected chi connectivity index (χ1v) is 6.72. The van der Waals surface area contributed by atoms with Gasteiger partial charge in [0.2, 0.25) is 0 Å². The van der Waals surface area contributed by atoms with Gasteiger partial charge in [0.25, 0.3) is 0 Å². The first-order chi connectivity index (χ1) is 8.33. The van der Waals surface area contributed by atoms with Gasteiger partial charge in [-0.05, 0) is 29.9 Å². The molecule has 0 saturated carbocycles. The molecule has 17 heavy (non-hydrogen) atoms. The van der Waals surface area contributed by atoms with E-state index in [1.54, 1.807) is 7.11 Å². The van der Waals surface area contributed by atoms with Crippen molar-refractivity contribution in [2.75, 3.05) is 18.6 Å². The van der Waals surface area contributed by atoms with Crippen LogP contribution in [-0.2, 0) is 11.4 Å². The van der Waals surface area contributed by atoms with Gasteiger partial charge in [0.1, 0.15) is 6.10 Å². The SMILES string of the molecule is COc1cc(CON)ccc1OC1CCSC1. The molecule has 1 aliphatic heterocycles. The summed E-state index contributed by atoms with van der Waals surface area (Å²) in [6.45, 7) is 0.371. The average molecular weight is 255 g/mol. The van der Waals surface area contributed by atoms with Crippen molar-refractivity contribution in [3.05, 3.63) is 23.8 Å². The molecule has 94 valence electrons. The molecule has 0 aliphatic carbocycles. The molecule has 4 nitrogen and oxygen atoms in total. The highest BCUT2D eigenvalue weighted by molar-refractivity contribution is 7.99. The number of benzene rings is 1. The van der Waals surface area contributed by atoms with E-state index < -0.39 is 0 Å². The fourth-order valence-corrected chi connectivity index (χ4v) is 2.87. The van der Waals surface area contributed by atoms with Crippen LogP contribution in [0.4, 0.5) is 0 Å². The van der Waals surface area contributed by atoms with Crippen LogP contribution in [0.1, 0.15) is 12.0 Å². The number of methoxy groups -OCH3 is 1. The van der Waals surface area contributed by atoms with Gasteiger partial charge in [-0.25, -0.2) is 5.90 Å². The molecule has 0 bridgehead atoms. The van der Waals surface area contributed by atoms with Crippen molar-refractivity contribution in [3.8, 4) is 11.5 Å². The topological polar surface area (TPSA) is 53.7 Å². The third kappa shape index (κ3) is 3.28. The number of thioether (sulfide) groups is 1. The van der Waals surface area contributed by atoms with E-state index >= 15 is 0 Å². The summed E-state index contributed by atoms with van der Waals surface area (Å²) in [5.41, 5.74) is 0.970. The number of nitrogens with two attached hydrogens (primary N) is 1. The Morgan fingerprint density at radius 3 is 2.94 bits per heavy atom. The number of ether oxygens (including phenoxy) is 2. The molecule has 0 amide bonds. The summed E-state index contributed by atoms with van der Waals surface area (Å²) in [4.78, 5) is 4.60. The van der Waals surface area contributed by atoms with E-state index in [9.17, 15) is 0 Å². The monoisotopic (exact) mass is 255 g/mol. The van der Waals surface area contributed by atoms with Gasteiger partial charge in [-0.2, -0.15) is 11.8 Å². The van der Waals surface area contributed by atoms with Gasteiger partial charge >= 0.3 is 0 Å². The molecule has 1 saturated heterocycles. The third-order valence-corrected chi connectivity index (χ3v) is 3.79. The summed E-state index contributed by atoms with van der Waals surface area (Å²) in [5.74, 6) is 8.80. The van der Waals surface area contributed by atoms with Gasteiger partial charge in [0, 0.05) is 5.75 Å². The van der Waals surface area contributed by atoms with Crippen LogP contribution in [-0.4, -0.2) is 24.7 Å². The molecule has 0 radical (unpaired) electrons. The summed E-state index contributed by atoms with van der Waals surface area (Å²) < 4.78 is 11.2. The van der Waals surface area contributed by atoms with Crippen molar-refractivity contribution >= 4 is 11.8 Å². The Labute approximate surface area is 105 Å². The molecule has 1 heterocycles. The molecular formula is C12H17NO3S. The molecule has 5 heteroatoms. The highest BCUT2D eigenvalue weighted by atomic mass is 32.2. The predicted molar refractivity (Wildman–Crippen MR) is 68.3 cm³/mol. The van der Waals surface area contributed by atoms with Crippen LogP contribution in [0, 0.1) is 0 Å². The first kappa shape index (κ1) is 12.5.